The summed E-state index contributed by atoms with van der Waals surface area (Å²) >= 11 is 12.6. The molecule has 0 radical (unpaired) electrons. The van der Waals surface area contributed by atoms with Crippen molar-refractivity contribution in [3.05, 3.63) is 59.7 Å². The topological polar surface area (TPSA) is 21.6 Å². The molecule has 3 rings (SSSR count). The van der Waals surface area contributed by atoms with Gasteiger partial charge in [0.25, 0.3) is 0 Å². The van der Waals surface area contributed by atoms with Crippen LogP contribution in [0.3, 0.4) is 0 Å². The molecule has 0 unspecified atom stereocenters. The van der Waals surface area contributed by atoms with Crippen LogP contribution in [0.1, 0.15) is 11.1 Å². The average Bonchev–Trinajstić information content (AvgIpc) is 3.02. The Labute approximate surface area is 166 Å². The van der Waals surface area contributed by atoms with E-state index in [2.05, 4.69) is 62.3 Å². The summed E-state index contributed by atoms with van der Waals surface area (Å²) in [6.07, 6.45) is 0. The molecule has 0 bridgehead atoms. The van der Waals surface area contributed by atoms with Crippen molar-refractivity contribution in [3.8, 4) is 5.75 Å². The van der Waals surface area contributed by atoms with Gasteiger partial charge in [0.2, 0.25) is 0 Å². The Morgan fingerprint density at radius 1 is 1.18 bits per heavy atom. The molecule has 0 N–H and O–H groups in total. The molecule has 0 saturated carbocycles. The molecule has 114 valence electrons. The van der Waals surface area contributed by atoms with Crippen LogP contribution in [0, 0.1) is 7.14 Å². The zero-order valence-electron chi connectivity index (χ0n) is 11.5. The molecule has 0 saturated heterocycles. The number of aliphatic imine (C=N–C) groups is 1. The van der Waals surface area contributed by atoms with Crippen molar-refractivity contribution in [1.29, 1.82) is 0 Å². The quantitative estimate of drug-likeness (QED) is 0.457. The lowest BCUT2D eigenvalue weighted by Crippen LogP contribution is -2.02. The van der Waals surface area contributed by atoms with E-state index in [1.165, 1.54) is 5.56 Å². The average molecular weight is 556 g/mol. The molecule has 2 aromatic carbocycles. The summed E-state index contributed by atoms with van der Waals surface area (Å²) in [6.45, 7) is 1.39. The molecule has 0 atom stereocenters. The highest BCUT2D eigenvalue weighted by Crippen LogP contribution is 2.32. The Hall–Kier alpha value is 0.01000. The predicted octanol–water partition coefficient (Wildman–Crippen LogP) is 5.62. The highest BCUT2D eigenvalue weighted by Gasteiger charge is 2.15. The van der Waals surface area contributed by atoms with Crippen LogP contribution in [-0.2, 0) is 6.61 Å². The number of nitrogens with zero attached hydrogens (tertiary/aromatic N) is 1. The summed E-state index contributed by atoms with van der Waals surface area (Å²) in [4.78, 5) is 4.54. The Bertz CT molecular complexity index is 713. The number of benzene rings is 2. The first-order valence-corrected chi connectivity index (χ1v) is 10.2. The van der Waals surface area contributed by atoms with Crippen molar-refractivity contribution >= 4 is 73.6 Å². The molecule has 2 nitrogen and oxygen atoms in total. The summed E-state index contributed by atoms with van der Waals surface area (Å²) in [5.41, 5.74) is 2.18. The van der Waals surface area contributed by atoms with Crippen molar-refractivity contribution in [2.75, 3.05) is 12.3 Å². The maximum absolute atomic E-state index is 6.18. The fourth-order valence-electron chi connectivity index (χ4n) is 2.10. The first kappa shape index (κ1) is 16.9. The second-order valence-corrected chi connectivity index (χ2v) is 8.50. The highest BCUT2D eigenvalue weighted by atomic mass is 127. The second kappa shape index (κ2) is 7.72. The monoisotopic (exact) mass is 555 g/mol. The lowest BCUT2D eigenvalue weighted by atomic mass is 10.2. The van der Waals surface area contributed by atoms with Crippen molar-refractivity contribution in [2.45, 2.75) is 6.61 Å². The standard InChI is InChI=1S/C16H12ClI2NOS/c17-12-4-2-1-3-10(12)9-21-15-13(18)7-11(8-14(15)19)16-20-5-6-22-16/h1-4,7-8H,5-6,9H2. The van der Waals surface area contributed by atoms with Gasteiger partial charge in [0.05, 0.1) is 12.2 Å². The molecule has 0 fully saturated rings. The number of hydrogen-bond donors (Lipinski definition) is 0. The number of thioether (sulfide) groups is 1. The van der Waals surface area contributed by atoms with Gasteiger partial charge >= 0.3 is 0 Å². The maximum Gasteiger partial charge on any atom is 0.146 e. The van der Waals surface area contributed by atoms with E-state index < -0.39 is 0 Å². The lowest BCUT2D eigenvalue weighted by Gasteiger charge is -2.13. The van der Waals surface area contributed by atoms with Gasteiger partial charge in [-0.05, 0) is 63.4 Å². The van der Waals surface area contributed by atoms with Crippen LogP contribution in [0.5, 0.6) is 5.75 Å². The number of halogens is 3. The molecule has 0 spiro atoms. The molecule has 6 heteroatoms. The number of ether oxygens (including phenoxy) is 1. The fraction of sp³-hybridized carbons (Fsp3) is 0.188. The van der Waals surface area contributed by atoms with Gasteiger partial charge in [-0.3, -0.25) is 4.99 Å². The Morgan fingerprint density at radius 2 is 1.91 bits per heavy atom. The summed E-state index contributed by atoms with van der Waals surface area (Å²) in [5.74, 6) is 1.99. The zero-order valence-corrected chi connectivity index (χ0v) is 17.4. The molecule has 2 aromatic rings. The van der Waals surface area contributed by atoms with Gasteiger partial charge in [-0.1, -0.05) is 29.8 Å². The normalized spacial score (nSPS) is 14.0. The van der Waals surface area contributed by atoms with Crippen LogP contribution in [0.4, 0.5) is 0 Å². The summed E-state index contributed by atoms with van der Waals surface area (Å²) in [7, 11) is 0. The number of rotatable bonds is 4. The predicted molar refractivity (Wildman–Crippen MR) is 112 cm³/mol. The van der Waals surface area contributed by atoms with E-state index in [-0.39, 0.29) is 0 Å². The summed E-state index contributed by atoms with van der Waals surface area (Å²) in [6, 6.07) is 12.0. The van der Waals surface area contributed by atoms with E-state index in [1.54, 1.807) is 0 Å². The van der Waals surface area contributed by atoms with E-state index in [0.717, 1.165) is 40.8 Å². The maximum atomic E-state index is 6.18. The first-order chi connectivity index (χ1) is 10.6. The molecular weight excluding hydrogens is 544 g/mol. The molecule has 1 aliphatic heterocycles. The van der Waals surface area contributed by atoms with Gasteiger partial charge < -0.3 is 4.74 Å². The van der Waals surface area contributed by atoms with Crippen LogP contribution < -0.4 is 4.74 Å². The first-order valence-electron chi connectivity index (χ1n) is 6.68. The van der Waals surface area contributed by atoms with Crippen LogP contribution in [0.2, 0.25) is 5.02 Å². The molecule has 0 aliphatic carbocycles. The van der Waals surface area contributed by atoms with E-state index >= 15 is 0 Å². The second-order valence-electron chi connectivity index (χ2n) is 4.68. The zero-order chi connectivity index (χ0) is 15.5. The fourth-order valence-corrected chi connectivity index (χ4v) is 5.21. The molecule has 1 heterocycles. The third kappa shape index (κ3) is 3.91. The van der Waals surface area contributed by atoms with Gasteiger partial charge in [0.1, 0.15) is 12.4 Å². The Morgan fingerprint density at radius 3 is 2.55 bits per heavy atom. The summed E-state index contributed by atoms with van der Waals surface area (Å²) < 4.78 is 8.20. The van der Waals surface area contributed by atoms with Gasteiger partial charge in [-0.2, -0.15) is 0 Å². The lowest BCUT2D eigenvalue weighted by molar-refractivity contribution is 0.302. The molecular formula is C16H12ClI2NOS. The third-order valence-electron chi connectivity index (χ3n) is 3.16. The molecule has 0 aromatic heterocycles. The molecule has 22 heavy (non-hydrogen) atoms. The Kier molecular flexibility index (Phi) is 5.91. The van der Waals surface area contributed by atoms with E-state index in [0.29, 0.717) is 6.61 Å². The van der Waals surface area contributed by atoms with Crippen molar-refractivity contribution in [2.24, 2.45) is 4.99 Å². The largest absolute Gasteiger partial charge is 0.487 e. The minimum atomic E-state index is 0.473. The Balaban J connectivity index is 1.81. The van der Waals surface area contributed by atoms with Crippen LogP contribution >= 0.6 is 68.5 Å². The van der Waals surface area contributed by atoms with Crippen molar-refractivity contribution < 1.29 is 4.74 Å². The molecule has 0 amide bonds. The smallest absolute Gasteiger partial charge is 0.146 e. The van der Waals surface area contributed by atoms with Crippen LogP contribution in [-0.4, -0.2) is 17.3 Å². The highest BCUT2D eigenvalue weighted by molar-refractivity contribution is 14.1. The van der Waals surface area contributed by atoms with E-state index in [1.807, 2.05) is 36.0 Å². The van der Waals surface area contributed by atoms with Gasteiger partial charge in [-0.25, -0.2) is 0 Å². The third-order valence-corrected chi connectivity index (χ3v) is 6.16. The SMILES string of the molecule is Clc1ccccc1COc1c(I)cc(C2=NCCS2)cc1I. The summed E-state index contributed by atoms with van der Waals surface area (Å²) in [5, 5.41) is 1.87. The van der Waals surface area contributed by atoms with Gasteiger partial charge in [0.15, 0.2) is 0 Å². The van der Waals surface area contributed by atoms with Gasteiger partial charge in [-0.15, -0.1) is 11.8 Å². The van der Waals surface area contributed by atoms with Crippen LogP contribution in [0.15, 0.2) is 41.4 Å². The minimum absolute atomic E-state index is 0.473. The minimum Gasteiger partial charge on any atom is -0.487 e. The molecule has 1 aliphatic rings. The van der Waals surface area contributed by atoms with Crippen molar-refractivity contribution in [1.82, 2.24) is 0 Å². The van der Waals surface area contributed by atoms with Crippen molar-refractivity contribution in [3.63, 3.8) is 0 Å². The van der Waals surface area contributed by atoms with Gasteiger partial charge in [0, 0.05) is 28.4 Å². The number of hydrogen-bond acceptors (Lipinski definition) is 3. The van der Waals surface area contributed by atoms with Crippen LogP contribution in [0.25, 0.3) is 0 Å². The van der Waals surface area contributed by atoms with E-state index in [9.17, 15) is 0 Å². The van der Waals surface area contributed by atoms with E-state index in [4.69, 9.17) is 16.3 Å².